The van der Waals surface area contributed by atoms with Crippen molar-refractivity contribution in [2.75, 3.05) is 20.3 Å². The van der Waals surface area contributed by atoms with Crippen LogP contribution in [0.1, 0.15) is 44.7 Å². The van der Waals surface area contributed by atoms with Crippen molar-refractivity contribution in [1.29, 1.82) is 0 Å². The maximum atomic E-state index is 12.4. The van der Waals surface area contributed by atoms with Crippen LogP contribution >= 0.6 is 0 Å². The van der Waals surface area contributed by atoms with Crippen LogP contribution in [0.2, 0.25) is 0 Å². The van der Waals surface area contributed by atoms with Gasteiger partial charge in [-0.1, -0.05) is 30.3 Å². The van der Waals surface area contributed by atoms with Gasteiger partial charge in [-0.3, -0.25) is 0 Å². The number of hydrogen-bond acceptors (Lipinski definition) is 2. The third-order valence-electron chi connectivity index (χ3n) is 4.50. The lowest BCUT2D eigenvalue weighted by Gasteiger charge is -2.30. The zero-order valence-corrected chi connectivity index (χ0v) is 13.9. The lowest BCUT2D eigenvalue weighted by Crippen LogP contribution is -2.43. The number of benzene rings is 1. The molecule has 1 saturated heterocycles. The fourth-order valence-corrected chi connectivity index (χ4v) is 2.76. The fraction of sp³-hybridized carbons (Fsp3) is 0.611. The smallest absolute Gasteiger partial charge is 0.317 e. The third kappa shape index (κ3) is 4.73. The number of hydrogen-bond donors (Lipinski definition) is 1. The standard InChI is InChI=1S/C18H28N2O2/c1-14(2)20(3)18(21)19-17(16-7-5-4-6-8-16)13-15-9-11-22-12-10-15/h4-8,14-15,17H,9-13H2,1-3H3,(H,19,21)/t17-/m1/s1. The number of urea groups is 1. The van der Waals surface area contributed by atoms with Crippen LogP contribution in [-0.4, -0.2) is 37.2 Å². The van der Waals surface area contributed by atoms with Gasteiger partial charge in [0.15, 0.2) is 0 Å². The third-order valence-corrected chi connectivity index (χ3v) is 4.50. The van der Waals surface area contributed by atoms with Crippen LogP contribution in [0.15, 0.2) is 30.3 Å². The maximum absolute atomic E-state index is 12.4. The fourth-order valence-electron chi connectivity index (χ4n) is 2.76. The minimum absolute atomic E-state index is 0.00378. The first-order valence-corrected chi connectivity index (χ1v) is 8.24. The zero-order chi connectivity index (χ0) is 15.9. The largest absolute Gasteiger partial charge is 0.381 e. The summed E-state index contributed by atoms with van der Waals surface area (Å²) in [6.07, 6.45) is 3.14. The highest BCUT2D eigenvalue weighted by molar-refractivity contribution is 5.74. The molecule has 0 saturated carbocycles. The molecule has 2 rings (SSSR count). The number of nitrogens with zero attached hydrogens (tertiary/aromatic N) is 1. The molecule has 122 valence electrons. The monoisotopic (exact) mass is 304 g/mol. The molecule has 0 aliphatic carbocycles. The topological polar surface area (TPSA) is 41.6 Å². The number of nitrogens with one attached hydrogen (secondary N) is 1. The summed E-state index contributed by atoms with van der Waals surface area (Å²) in [5, 5.41) is 3.21. The van der Waals surface area contributed by atoms with Crippen molar-refractivity contribution in [2.45, 2.75) is 45.2 Å². The van der Waals surface area contributed by atoms with Gasteiger partial charge in [0.05, 0.1) is 6.04 Å². The van der Waals surface area contributed by atoms with Crippen LogP contribution in [0, 0.1) is 5.92 Å². The summed E-state index contributed by atoms with van der Waals surface area (Å²) in [6, 6.07) is 10.5. The lowest BCUT2D eigenvalue weighted by molar-refractivity contribution is 0.0606. The molecular weight excluding hydrogens is 276 g/mol. The Morgan fingerprint density at radius 3 is 2.50 bits per heavy atom. The molecule has 1 aromatic rings. The minimum Gasteiger partial charge on any atom is -0.381 e. The molecule has 0 bridgehead atoms. The molecule has 1 atom stereocenters. The van der Waals surface area contributed by atoms with Crippen LogP contribution in [0.5, 0.6) is 0 Å². The van der Waals surface area contributed by atoms with Crippen molar-refractivity contribution >= 4 is 6.03 Å². The molecule has 0 spiro atoms. The molecule has 1 heterocycles. The first-order valence-electron chi connectivity index (χ1n) is 8.24. The van der Waals surface area contributed by atoms with Crippen LogP contribution in [-0.2, 0) is 4.74 Å². The first-order chi connectivity index (χ1) is 10.6. The number of carbonyl (C=O) groups is 1. The van der Waals surface area contributed by atoms with Gasteiger partial charge >= 0.3 is 6.03 Å². The Balaban J connectivity index is 2.06. The van der Waals surface area contributed by atoms with Crippen LogP contribution in [0.4, 0.5) is 4.79 Å². The molecule has 2 amide bonds. The molecule has 1 aliphatic rings. The van der Waals surface area contributed by atoms with Gasteiger partial charge in [0.1, 0.15) is 0 Å². The van der Waals surface area contributed by atoms with Crippen molar-refractivity contribution < 1.29 is 9.53 Å². The summed E-state index contributed by atoms with van der Waals surface area (Å²) in [5.74, 6) is 0.614. The predicted molar refractivity (Wildman–Crippen MR) is 88.8 cm³/mol. The van der Waals surface area contributed by atoms with Crippen molar-refractivity contribution in [3.63, 3.8) is 0 Å². The molecule has 1 N–H and O–H groups in total. The van der Waals surface area contributed by atoms with Crippen LogP contribution in [0.3, 0.4) is 0 Å². The Kier molecular flexibility index (Phi) is 6.25. The van der Waals surface area contributed by atoms with Gasteiger partial charge in [-0.25, -0.2) is 4.79 Å². The summed E-state index contributed by atoms with van der Waals surface area (Å²) < 4.78 is 5.44. The van der Waals surface area contributed by atoms with Crippen LogP contribution in [0.25, 0.3) is 0 Å². The second-order valence-corrected chi connectivity index (χ2v) is 6.41. The van der Waals surface area contributed by atoms with Gasteiger partial charge < -0.3 is 15.0 Å². The maximum Gasteiger partial charge on any atom is 0.317 e. The van der Waals surface area contributed by atoms with Crippen molar-refractivity contribution in [3.8, 4) is 0 Å². The zero-order valence-electron chi connectivity index (χ0n) is 13.9. The van der Waals surface area contributed by atoms with E-state index in [1.54, 1.807) is 4.90 Å². The summed E-state index contributed by atoms with van der Waals surface area (Å²) >= 11 is 0. The van der Waals surface area contributed by atoms with E-state index in [4.69, 9.17) is 4.74 Å². The van der Waals surface area contributed by atoms with Gasteiger partial charge in [0, 0.05) is 26.3 Å². The Morgan fingerprint density at radius 1 is 1.27 bits per heavy atom. The molecule has 0 unspecified atom stereocenters. The van der Waals surface area contributed by atoms with E-state index in [0.717, 1.165) is 32.5 Å². The van der Waals surface area contributed by atoms with E-state index in [0.29, 0.717) is 5.92 Å². The van der Waals surface area contributed by atoms with Crippen molar-refractivity contribution in [3.05, 3.63) is 35.9 Å². The minimum atomic E-state index is -0.00378. The van der Waals surface area contributed by atoms with E-state index < -0.39 is 0 Å². The quantitative estimate of drug-likeness (QED) is 0.903. The average molecular weight is 304 g/mol. The normalized spacial score (nSPS) is 17.3. The summed E-state index contributed by atoms with van der Waals surface area (Å²) in [7, 11) is 1.84. The van der Waals surface area contributed by atoms with E-state index in [9.17, 15) is 4.79 Å². The summed E-state index contributed by atoms with van der Waals surface area (Å²) in [4.78, 5) is 14.1. The molecule has 1 aromatic carbocycles. The number of ether oxygens (including phenoxy) is 1. The Morgan fingerprint density at radius 2 is 1.91 bits per heavy atom. The summed E-state index contributed by atoms with van der Waals surface area (Å²) in [6.45, 7) is 5.73. The van der Waals surface area contributed by atoms with Crippen molar-refractivity contribution in [2.24, 2.45) is 5.92 Å². The molecule has 0 aromatic heterocycles. The van der Waals surface area contributed by atoms with E-state index >= 15 is 0 Å². The molecule has 0 radical (unpaired) electrons. The molecule has 4 heteroatoms. The van der Waals surface area contributed by atoms with Gasteiger partial charge in [0.2, 0.25) is 0 Å². The number of amides is 2. The average Bonchev–Trinajstić information content (AvgIpc) is 2.55. The van der Waals surface area contributed by atoms with E-state index in [2.05, 4.69) is 17.4 Å². The van der Waals surface area contributed by atoms with Gasteiger partial charge in [-0.15, -0.1) is 0 Å². The predicted octanol–water partition coefficient (Wildman–Crippen LogP) is 3.59. The van der Waals surface area contributed by atoms with Gasteiger partial charge in [-0.05, 0) is 44.6 Å². The summed E-state index contributed by atoms with van der Waals surface area (Å²) in [5.41, 5.74) is 1.18. The highest BCUT2D eigenvalue weighted by Gasteiger charge is 2.23. The molecular formula is C18H28N2O2. The Hall–Kier alpha value is -1.55. The first kappa shape index (κ1) is 16.8. The Bertz CT molecular complexity index is 455. The number of rotatable bonds is 5. The van der Waals surface area contributed by atoms with Crippen molar-refractivity contribution in [1.82, 2.24) is 10.2 Å². The SMILES string of the molecule is CC(C)N(C)C(=O)N[C@H](CC1CCOCC1)c1ccccc1. The van der Waals surface area contributed by atoms with Crippen LogP contribution < -0.4 is 5.32 Å². The molecule has 22 heavy (non-hydrogen) atoms. The molecule has 1 fully saturated rings. The van der Waals surface area contributed by atoms with E-state index in [1.807, 2.05) is 39.1 Å². The second-order valence-electron chi connectivity index (χ2n) is 6.41. The highest BCUT2D eigenvalue weighted by atomic mass is 16.5. The number of carbonyl (C=O) groups excluding carboxylic acids is 1. The second kappa shape index (κ2) is 8.18. The highest BCUT2D eigenvalue weighted by Crippen LogP contribution is 2.27. The Labute approximate surface area is 133 Å². The van der Waals surface area contributed by atoms with Gasteiger partial charge in [-0.2, -0.15) is 0 Å². The molecule has 4 nitrogen and oxygen atoms in total. The molecule has 1 aliphatic heterocycles. The van der Waals surface area contributed by atoms with E-state index in [1.165, 1.54) is 5.56 Å². The van der Waals surface area contributed by atoms with Gasteiger partial charge in [0.25, 0.3) is 0 Å². The van der Waals surface area contributed by atoms with E-state index in [-0.39, 0.29) is 18.1 Å². The lowest BCUT2D eigenvalue weighted by atomic mass is 9.89.